The van der Waals surface area contributed by atoms with Crippen LogP contribution in [-0.2, 0) is 4.74 Å². The molecule has 1 unspecified atom stereocenters. The van der Waals surface area contributed by atoms with Crippen LogP contribution in [0.4, 0.5) is 0 Å². The minimum absolute atomic E-state index is 0.259. The van der Waals surface area contributed by atoms with Crippen molar-refractivity contribution in [1.29, 1.82) is 0 Å². The lowest BCUT2D eigenvalue weighted by atomic mass is 10.2. The summed E-state index contributed by atoms with van der Waals surface area (Å²) in [6, 6.07) is 16.3. The molecule has 1 heterocycles. The van der Waals surface area contributed by atoms with Gasteiger partial charge in [-0.3, -0.25) is 9.36 Å². The molecule has 0 saturated heterocycles. The Balaban J connectivity index is 1.96. The van der Waals surface area contributed by atoms with Crippen LogP contribution in [0.1, 0.15) is 22.1 Å². The molecule has 3 rings (SSSR count). The summed E-state index contributed by atoms with van der Waals surface area (Å²) in [5.41, 5.74) is 1.000. The second-order valence-corrected chi connectivity index (χ2v) is 5.33. The average Bonchev–Trinajstić information content (AvgIpc) is 3.01. The number of esters is 1. The fraction of sp³-hybridized carbons (Fsp3) is 0.158. The van der Waals surface area contributed by atoms with Gasteiger partial charge in [0.05, 0.1) is 18.2 Å². The molecule has 0 fully saturated rings. The Morgan fingerprint density at radius 3 is 2.38 bits per heavy atom. The van der Waals surface area contributed by atoms with Crippen LogP contribution < -0.4 is 4.74 Å². The third-order valence-electron chi connectivity index (χ3n) is 3.76. The first-order valence-electron chi connectivity index (χ1n) is 7.56. The van der Waals surface area contributed by atoms with Gasteiger partial charge in [-0.1, -0.05) is 36.4 Å². The van der Waals surface area contributed by atoms with E-state index >= 15 is 0 Å². The molecule has 0 aliphatic carbocycles. The molecule has 122 valence electrons. The normalized spacial score (nSPS) is 11.9. The van der Waals surface area contributed by atoms with Gasteiger partial charge in [0.1, 0.15) is 5.75 Å². The predicted octanol–water partition coefficient (Wildman–Crippen LogP) is 3.54. The van der Waals surface area contributed by atoms with E-state index in [0.29, 0.717) is 22.2 Å². The van der Waals surface area contributed by atoms with Crippen molar-refractivity contribution < 1.29 is 19.1 Å². The molecular weight excluding hydrogens is 306 g/mol. The van der Waals surface area contributed by atoms with Crippen molar-refractivity contribution in [2.75, 3.05) is 7.11 Å². The molecule has 1 aromatic heterocycles. The maximum Gasteiger partial charge on any atom is 0.340 e. The monoisotopic (exact) mass is 323 g/mol. The molecule has 2 aromatic carbocycles. The quantitative estimate of drug-likeness (QED) is 0.689. The zero-order valence-electron chi connectivity index (χ0n) is 13.4. The molecule has 0 radical (unpaired) electrons. The van der Waals surface area contributed by atoms with Crippen molar-refractivity contribution in [2.45, 2.75) is 13.0 Å². The highest BCUT2D eigenvalue weighted by atomic mass is 16.5. The number of carbonyl (C=O) groups excluding carboxylic acids is 2. The van der Waals surface area contributed by atoms with E-state index in [2.05, 4.69) is 0 Å². The summed E-state index contributed by atoms with van der Waals surface area (Å²) in [5, 5.41) is 0.671. The van der Waals surface area contributed by atoms with Gasteiger partial charge >= 0.3 is 5.97 Å². The van der Waals surface area contributed by atoms with Gasteiger partial charge in [-0.15, -0.1) is 0 Å². The summed E-state index contributed by atoms with van der Waals surface area (Å²) in [6.45, 7) is 1.68. The number of methoxy groups -OCH3 is 1. The van der Waals surface area contributed by atoms with Gasteiger partial charge in [0, 0.05) is 11.6 Å². The number of rotatable bonds is 4. The Morgan fingerprint density at radius 2 is 1.67 bits per heavy atom. The summed E-state index contributed by atoms with van der Waals surface area (Å²) in [6.07, 6.45) is 0.803. The Bertz CT molecular complexity index is 883. The van der Waals surface area contributed by atoms with E-state index in [9.17, 15) is 9.59 Å². The molecule has 0 aliphatic rings. The number of nitrogens with zero attached hydrogens (tertiary/aromatic N) is 1. The van der Waals surface area contributed by atoms with Gasteiger partial charge in [-0.25, -0.2) is 4.79 Å². The van der Waals surface area contributed by atoms with Crippen LogP contribution in [0.5, 0.6) is 5.75 Å². The number of carbonyl (C=O) groups is 2. The Labute approximate surface area is 139 Å². The van der Waals surface area contributed by atoms with Crippen LogP contribution in [0.25, 0.3) is 10.9 Å². The van der Waals surface area contributed by atoms with Crippen LogP contribution in [0.15, 0.2) is 60.8 Å². The van der Waals surface area contributed by atoms with Crippen LogP contribution >= 0.6 is 0 Å². The minimum Gasteiger partial charge on any atom is -0.481 e. The number of para-hydroxylation sites is 2. The molecule has 0 N–H and O–H groups in total. The number of aromatic nitrogens is 1. The van der Waals surface area contributed by atoms with Crippen LogP contribution in [0.3, 0.4) is 0 Å². The zero-order chi connectivity index (χ0) is 17.1. The third-order valence-corrected chi connectivity index (χ3v) is 3.76. The SMILES string of the molecule is COC(=O)c1cn(C(=O)C(C)Oc2ccccc2)c2ccccc12. The molecule has 5 nitrogen and oxygen atoms in total. The lowest BCUT2D eigenvalue weighted by molar-refractivity contribution is 0.0602. The predicted molar refractivity (Wildman–Crippen MR) is 90.4 cm³/mol. The van der Waals surface area contributed by atoms with Gasteiger partial charge in [0.2, 0.25) is 0 Å². The lowest BCUT2D eigenvalue weighted by Crippen LogP contribution is -2.28. The molecule has 3 aromatic rings. The average molecular weight is 323 g/mol. The molecular formula is C19H17NO4. The van der Waals surface area contributed by atoms with Crippen LogP contribution in [0, 0.1) is 0 Å². The molecule has 0 spiro atoms. The highest BCUT2D eigenvalue weighted by molar-refractivity contribution is 6.07. The Hall–Kier alpha value is -3.08. The van der Waals surface area contributed by atoms with Crippen molar-refractivity contribution in [3.8, 4) is 5.75 Å². The van der Waals surface area contributed by atoms with E-state index in [-0.39, 0.29) is 5.91 Å². The van der Waals surface area contributed by atoms with Crippen LogP contribution in [-0.4, -0.2) is 29.7 Å². The molecule has 24 heavy (non-hydrogen) atoms. The van der Waals surface area contributed by atoms with Gasteiger partial charge in [0.25, 0.3) is 5.91 Å². The first-order valence-corrected chi connectivity index (χ1v) is 7.56. The fourth-order valence-electron chi connectivity index (χ4n) is 2.58. The first-order chi connectivity index (χ1) is 11.6. The van der Waals surface area contributed by atoms with E-state index in [1.54, 1.807) is 31.2 Å². The standard InChI is InChI=1S/C19H17NO4/c1-13(24-14-8-4-3-5-9-14)18(21)20-12-16(19(22)23-2)15-10-6-7-11-17(15)20/h3-13H,1-2H3. The summed E-state index contributed by atoms with van der Waals surface area (Å²) < 4.78 is 11.9. The van der Waals surface area contributed by atoms with Gasteiger partial charge in [-0.05, 0) is 25.1 Å². The van der Waals surface area contributed by atoms with E-state index < -0.39 is 12.1 Å². The van der Waals surface area contributed by atoms with Gasteiger partial charge in [-0.2, -0.15) is 0 Å². The van der Waals surface area contributed by atoms with Crippen molar-refractivity contribution in [1.82, 2.24) is 4.57 Å². The van der Waals surface area contributed by atoms with Crippen molar-refractivity contribution in [3.05, 3.63) is 66.4 Å². The largest absolute Gasteiger partial charge is 0.481 e. The summed E-state index contributed by atoms with van der Waals surface area (Å²) in [5.74, 6) is -0.123. The molecule has 1 atom stereocenters. The fourth-order valence-corrected chi connectivity index (χ4v) is 2.58. The Morgan fingerprint density at radius 1 is 1.00 bits per heavy atom. The summed E-state index contributed by atoms with van der Waals surface area (Å²) in [7, 11) is 1.32. The maximum atomic E-state index is 12.8. The second-order valence-electron chi connectivity index (χ2n) is 5.33. The number of hydrogen-bond acceptors (Lipinski definition) is 4. The topological polar surface area (TPSA) is 57.5 Å². The first kappa shape index (κ1) is 15.8. The summed E-state index contributed by atoms with van der Waals surface area (Å²) in [4.78, 5) is 24.7. The van der Waals surface area contributed by atoms with E-state index in [1.807, 2.05) is 30.3 Å². The zero-order valence-corrected chi connectivity index (χ0v) is 13.4. The van der Waals surface area contributed by atoms with Gasteiger partial charge in [0.15, 0.2) is 6.10 Å². The van der Waals surface area contributed by atoms with Crippen molar-refractivity contribution in [2.24, 2.45) is 0 Å². The highest BCUT2D eigenvalue weighted by Crippen LogP contribution is 2.23. The van der Waals surface area contributed by atoms with Crippen molar-refractivity contribution in [3.63, 3.8) is 0 Å². The number of benzene rings is 2. The van der Waals surface area contributed by atoms with Gasteiger partial charge < -0.3 is 9.47 Å². The molecule has 0 saturated carbocycles. The van der Waals surface area contributed by atoms with Crippen molar-refractivity contribution >= 4 is 22.8 Å². The summed E-state index contributed by atoms with van der Waals surface area (Å²) >= 11 is 0. The molecule has 0 bridgehead atoms. The second kappa shape index (κ2) is 6.58. The number of ether oxygens (including phenoxy) is 2. The van der Waals surface area contributed by atoms with E-state index in [1.165, 1.54) is 17.9 Å². The lowest BCUT2D eigenvalue weighted by Gasteiger charge is -2.14. The third kappa shape index (κ3) is 2.88. The van der Waals surface area contributed by atoms with E-state index in [0.717, 1.165) is 0 Å². The van der Waals surface area contributed by atoms with E-state index in [4.69, 9.17) is 9.47 Å². The molecule has 0 aliphatic heterocycles. The van der Waals surface area contributed by atoms with Crippen LogP contribution in [0.2, 0.25) is 0 Å². The number of hydrogen-bond donors (Lipinski definition) is 0. The molecule has 5 heteroatoms. The smallest absolute Gasteiger partial charge is 0.340 e. The highest BCUT2D eigenvalue weighted by Gasteiger charge is 2.23. The Kier molecular flexibility index (Phi) is 4.33. The number of fused-ring (bicyclic) bond motifs is 1. The maximum absolute atomic E-state index is 12.8. The molecule has 0 amide bonds. The minimum atomic E-state index is -0.700.